The summed E-state index contributed by atoms with van der Waals surface area (Å²) in [7, 11) is 0. The number of rotatable bonds is 6. The van der Waals surface area contributed by atoms with E-state index in [1.165, 1.54) is 32.1 Å². The molecule has 100 valence electrons. The molecule has 1 saturated carbocycles. The summed E-state index contributed by atoms with van der Waals surface area (Å²) in [6.45, 7) is 5.05. The third-order valence-electron chi connectivity index (χ3n) is 4.01. The van der Waals surface area contributed by atoms with Gasteiger partial charge in [0.2, 0.25) is 0 Å². The maximum atomic E-state index is 5.90. The smallest absolute Gasteiger partial charge is 0.0700 e. The van der Waals surface area contributed by atoms with Gasteiger partial charge in [0.15, 0.2) is 0 Å². The van der Waals surface area contributed by atoms with Crippen LogP contribution >= 0.6 is 0 Å². The molecule has 0 bridgehead atoms. The molecule has 3 heteroatoms. The first-order chi connectivity index (χ1) is 8.36. The molecule has 0 amide bonds. The van der Waals surface area contributed by atoms with Gasteiger partial charge in [-0.3, -0.25) is 0 Å². The standard InChI is InChI=1S/C14H27NO2/c1-12-14(8-11-16-12)15-9-5-10-17-13-6-3-2-4-7-13/h12-15H,2-11H2,1H3/t12-,14+/m0/s1. The summed E-state index contributed by atoms with van der Waals surface area (Å²) < 4.78 is 11.4. The van der Waals surface area contributed by atoms with Gasteiger partial charge >= 0.3 is 0 Å². The molecule has 0 aromatic carbocycles. The van der Waals surface area contributed by atoms with Gasteiger partial charge in [0.1, 0.15) is 0 Å². The summed E-state index contributed by atoms with van der Waals surface area (Å²) in [4.78, 5) is 0. The molecule has 0 unspecified atom stereocenters. The SMILES string of the molecule is C[C@@H]1OCC[C@H]1NCCCOC1CCCCC1. The predicted molar refractivity (Wildman–Crippen MR) is 69.3 cm³/mol. The first kappa shape index (κ1) is 13.3. The van der Waals surface area contributed by atoms with E-state index in [0.29, 0.717) is 18.2 Å². The van der Waals surface area contributed by atoms with Crippen molar-refractivity contribution in [2.75, 3.05) is 19.8 Å². The van der Waals surface area contributed by atoms with Crippen LogP contribution < -0.4 is 5.32 Å². The Morgan fingerprint density at radius 1 is 1.18 bits per heavy atom. The molecule has 1 N–H and O–H groups in total. The van der Waals surface area contributed by atoms with Crippen LogP contribution in [-0.2, 0) is 9.47 Å². The highest BCUT2D eigenvalue weighted by atomic mass is 16.5. The van der Waals surface area contributed by atoms with E-state index in [1.807, 2.05) is 0 Å². The van der Waals surface area contributed by atoms with E-state index in [9.17, 15) is 0 Å². The van der Waals surface area contributed by atoms with Crippen molar-refractivity contribution in [1.29, 1.82) is 0 Å². The fourth-order valence-electron chi connectivity index (χ4n) is 2.84. The van der Waals surface area contributed by atoms with E-state index in [0.717, 1.165) is 32.6 Å². The quantitative estimate of drug-likeness (QED) is 0.725. The van der Waals surface area contributed by atoms with Crippen molar-refractivity contribution in [3.63, 3.8) is 0 Å². The summed E-state index contributed by atoms with van der Waals surface area (Å²) >= 11 is 0. The third-order valence-corrected chi connectivity index (χ3v) is 4.01. The lowest BCUT2D eigenvalue weighted by atomic mass is 9.98. The normalized spacial score (nSPS) is 30.9. The molecule has 2 fully saturated rings. The number of hydrogen-bond acceptors (Lipinski definition) is 3. The Kier molecular flexibility index (Phi) is 5.75. The van der Waals surface area contributed by atoms with Crippen molar-refractivity contribution in [2.24, 2.45) is 0 Å². The van der Waals surface area contributed by atoms with Crippen LogP contribution in [0, 0.1) is 0 Å². The molecular weight excluding hydrogens is 214 g/mol. The summed E-state index contributed by atoms with van der Waals surface area (Å²) in [6, 6.07) is 0.560. The number of hydrogen-bond donors (Lipinski definition) is 1. The van der Waals surface area contributed by atoms with Gasteiger partial charge in [-0.15, -0.1) is 0 Å². The van der Waals surface area contributed by atoms with E-state index in [-0.39, 0.29) is 0 Å². The lowest BCUT2D eigenvalue weighted by Crippen LogP contribution is -2.35. The lowest BCUT2D eigenvalue weighted by molar-refractivity contribution is 0.0267. The molecule has 1 saturated heterocycles. The second-order valence-corrected chi connectivity index (χ2v) is 5.41. The molecule has 0 aromatic heterocycles. The van der Waals surface area contributed by atoms with Crippen LogP contribution in [0.5, 0.6) is 0 Å². The average Bonchev–Trinajstić information content (AvgIpc) is 2.76. The maximum Gasteiger partial charge on any atom is 0.0700 e. The zero-order chi connectivity index (χ0) is 11.9. The summed E-state index contributed by atoms with van der Waals surface area (Å²) in [5.41, 5.74) is 0. The third kappa shape index (κ3) is 4.57. The van der Waals surface area contributed by atoms with Gasteiger partial charge in [-0.2, -0.15) is 0 Å². The molecule has 0 radical (unpaired) electrons. The highest BCUT2D eigenvalue weighted by Gasteiger charge is 2.22. The van der Waals surface area contributed by atoms with Gasteiger partial charge in [0.05, 0.1) is 12.2 Å². The van der Waals surface area contributed by atoms with Crippen molar-refractivity contribution in [3.8, 4) is 0 Å². The number of nitrogens with one attached hydrogen (secondary N) is 1. The van der Waals surface area contributed by atoms with Crippen LogP contribution in [0.25, 0.3) is 0 Å². The minimum Gasteiger partial charge on any atom is -0.378 e. The lowest BCUT2D eigenvalue weighted by Gasteiger charge is -2.22. The van der Waals surface area contributed by atoms with Gasteiger partial charge in [0, 0.05) is 19.3 Å². The molecule has 0 aromatic rings. The first-order valence-corrected chi connectivity index (χ1v) is 7.33. The Bertz CT molecular complexity index is 204. The maximum absolute atomic E-state index is 5.90. The average molecular weight is 241 g/mol. The van der Waals surface area contributed by atoms with Crippen molar-refractivity contribution >= 4 is 0 Å². The minimum absolute atomic E-state index is 0.384. The van der Waals surface area contributed by atoms with Crippen LogP contribution in [0.4, 0.5) is 0 Å². The highest BCUT2D eigenvalue weighted by molar-refractivity contribution is 4.78. The van der Waals surface area contributed by atoms with E-state index in [2.05, 4.69) is 12.2 Å². The molecule has 3 nitrogen and oxygen atoms in total. The summed E-state index contributed by atoms with van der Waals surface area (Å²) in [5.74, 6) is 0. The van der Waals surface area contributed by atoms with Gasteiger partial charge in [-0.1, -0.05) is 19.3 Å². The van der Waals surface area contributed by atoms with Gasteiger partial charge in [0.25, 0.3) is 0 Å². The Morgan fingerprint density at radius 2 is 2.00 bits per heavy atom. The van der Waals surface area contributed by atoms with Gasteiger partial charge in [-0.05, 0) is 39.2 Å². The Morgan fingerprint density at radius 3 is 2.71 bits per heavy atom. The van der Waals surface area contributed by atoms with Crippen molar-refractivity contribution in [2.45, 2.75) is 70.1 Å². The molecule has 0 spiro atoms. The zero-order valence-electron chi connectivity index (χ0n) is 11.1. The second-order valence-electron chi connectivity index (χ2n) is 5.41. The van der Waals surface area contributed by atoms with Gasteiger partial charge in [-0.25, -0.2) is 0 Å². The summed E-state index contributed by atoms with van der Waals surface area (Å²) in [5, 5.41) is 3.56. The molecular formula is C14H27NO2. The predicted octanol–water partition coefficient (Wildman–Crippen LogP) is 2.49. The Hall–Kier alpha value is -0.120. The van der Waals surface area contributed by atoms with Gasteiger partial charge < -0.3 is 14.8 Å². The molecule has 2 rings (SSSR count). The topological polar surface area (TPSA) is 30.5 Å². The fourth-order valence-corrected chi connectivity index (χ4v) is 2.84. The monoisotopic (exact) mass is 241 g/mol. The van der Waals surface area contributed by atoms with E-state index in [4.69, 9.17) is 9.47 Å². The Balaban J connectivity index is 1.45. The van der Waals surface area contributed by atoms with E-state index in [1.54, 1.807) is 0 Å². The highest BCUT2D eigenvalue weighted by Crippen LogP contribution is 2.20. The molecule has 1 aliphatic heterocycles. The summed E-state index contributed by atoms with van der Waals surface area (Å²) in [6.07, 6.45) is 9.90. The van der Waals surface area contributed by atoms with Crippen LogP contribution in [0.3, 0.4) is 0 Å². The molecule has 1 heterocycles. The second kappa shape index (κ2) is 7.34. The zero-order valence-corrected chi connectivity index (χ0v) is 11.1. The largest absolute Gasteiger partial charge is 0.378 e. The van der Waals surface area contributed by atoms with E-state index < -0.39 is 0 Å². The number of ether oxygens (including phenoxy) is 2. The molecule has 1 aliphatic carbocycles. The fraction of sp³-hybridized carbons (Fsp3) is 1.00. The molecule has 17 heavy (non-hydrogen) atoms. The first-order valence-electron chi connectivity index (χ1n) is 7.33. The van der Waals surface area contributed by atoms with Crippen molar-refractivity contribution < 1.29 is 9.47 Å². The molecule has 2 aliphatic rings. The van der Waals surface area contributed by atoms with Crippen LogP contribution in [0.1, 0.15) is 51.9 Å². The molecule has 2 atom stereocenters. The minimum atomic E-state index is 0.384. The van der Waals surface area contributed by atoms with E-state index >= 15 is 0 Å². The van der Waals surface area contributed by atoms with Crippen molar-refractivity contribution in [3.05, 3.63) is 0 Å². The van der Waals surface area contributed by atoms with Crippen LogP contribution in [0.15, 0.2) is 0 Å². The Labute approximate surface area is 105 Å². The van der Waals surface area contributed by atoms with Crippen LogP contribution in [0.2, 0.25) is 0 Å². The van der Waals surface area contributed by atoms with Crippen molar-refractivity contribution in [1.82, 2.24) is 5.32 Å². The van der Waals surface area contributed by atoms with Crippen LogP contribution in [-0.4, -0.2) is 38.0 Å².